The third-order valence-corrected chi connectivity index (χ3v) is 7.00. The minimum atomic E-state index is -0.582. The van der Waals surface area contributed by atoms with Crippen LogP contribution in [0.15, 0.2) is 29.1 Å². The summed E-state index contributed by atoms with van der Waals surface area (Å²) in [5, 5.41) is 0.617. The Hall–Kier alpha value is -2.87. The quantitative estimate of drug-likeness (QED) is 0.608. The van der Waals surface area contributed by atoms with Crippen LogP contribution in [0.2, 0.25) is 5.02 Å². The van der Waals surface area contributed by atoms with Crippen molar-refractivity contribution in [3.63, 3.8) is 0 Å². The van der Waals surface area contributed by atoms with Gasteiger partial charge >= 0.3 is 6.09 Å². The van der Waals surface area contributed by atoms with Crippen LogP contribution in [-0.4, -0.2) is 57.0 Å². The molecule has 36 heavy (non-hydrogen) atoms. The van der Waals surface area contributed by atoms with Crippen molar-refractivity contribution in [2.45, 2.75) is 71.4 Å². The number of halogens is 1. The molecule has 0 aliphatic carbocycles. The number of fused-ring (bicyclic) bond motifs is 1. The van der Waals surface area contributed by atoms with Gasteiger partial charge in [0.25, 0.3) is 5.56 Å². The highest BCUT2D eigenvalue weighted by molar-refractivity contribution is 6.30. The molecule has 8 nitrogen and oxygen atoms in total. The van der Waals surface area contributed by atoms with Gasteiger partial charge in [-0.3, -0.25) is 9.59 Å². The lowest BCUT2D eigenvalue weighted by molar-refractivity contribution is -0.136. The second-order valence-corrected chi connectivity index (χ2v) is 11.2. The lowest BCUT2D eigenvalue weighted by Crippen LogP contribution is -2.45. The second-order valence-electron chi connectivity index (χ2n) is 10.8. The molecule has 9 heteroatoms. The maximum Gasteiger partial charge on any atom is 0.410 e. The maximum absolute atomic E-state index is 13.5. The standard InChI is InChI=1S/C27H35ClN4O4/c1-5-6-7-18-14-32(25(34)19-12-13-31(15-19)26(35)36-27(2,3)4)16-21-22(18)29-23(30-24(21)33)17-8-10-20(28)11-9-17/h8-11,18-19H,5-7,12-16H2,1-4H3,(H,29,30,33)/t18?,19-/m1/s1. The van der Waals surface area contributed by atoms with Crippen molar-refractivity contribution >= 4 is 23.6 Å². The molecule has 2 atom stereocenters. The number of hydrogen-bond donors (Lipinski definition) is 1. The summed E-state index contributed by atoms with van der Waals surface area (Å²) in [6.07, 6.45) is 3.04. The van der Waals surface area contributed by atoms with Crippen molar-refractivity contribution in [3.8, 4) is 11.4 Å². The molecule has 2 aliphatic rings. The number of hydrogen-bond acceptors (Lipinski definition) is 5. The van der Waals surface area contributed by atoms with E-state index in [0.717, 1.165) is 30.5 Å². The fourth-order valence-corrected chi connectivity index (χ4v) is 5.04. The molecule has 2 amide bonds. The van der Waals surface area contributed by atoms with Crippen LogP contribution in [0.25, 0.3) is 11.4 Å². The number of carbonyl (C=O) groups excluding carboxylic acids is 2. The number of H-pyrrole nitrogens is 1. The van der Waals surface area contributed by atoms with E-state index in [0.29, 0.717) is 42.5 Å². The van der Waals surface area contributed by atoms with E-state index in [4.69, 9.17) is 21.3 Å². The maximum atomic E-state index is 13.5. The Morgan fingerprint density at radius 2 is 1.89 bits per heavy atom. The molecule has 1 fully saturated rings. The first-order valence-corrected chi connectivity index (χ1v) is 13.1. The third kappa shape index (κ3) is 5.91. The van der Waals surface area contributed by atoms with Crippen LogP contribution in [0.4, 0.5) is 4.79 Å². The van der Waals surface area contributed by atoms with E-state index in [-0.39, 0.29) is 29.8 Å². The van der Waals surface area contributed by atoms with Crippen molar-refractivity contribution in [3.05, 3.63) is 50.9 Å². The van der Waals surface area contributed by atoms with Crippen molar-refractivity contribution in [1.29, 1.82) is 0 Å². The van der Waals surface area contributed by atoms with Gasteiger partial charge in [0.2, 0.25) is 5.91 Å². The summed E-state index contributed by atoms with van der Waals surface area (Å²) in [5.74, 6) is 0.176. The Balaban J connectivity index is 1.55. The zero-order valence-electron chi connectivity index (χ0n) is 21.5. The lowest BCUT2D eigenvalue weighted by atomic mass is 9.90. The van der Waals surface area contributed by atoms with Crippen molar-refractivity contribution in [2.24, 2.45) is 5.92 Å². The predicted molar refractivity (Wildman–Crippen MR) is 139 cm³/mol. The Morgan fingerprint density at radius 3 is 2.56 bits per heavy atom. The average Bonchev–Trinajstić information content (AvgIpc) is 3.32. The molecule has 1 saturated heterocycles. The number of nitrogens with zero attached hydrogens (tertiary/aromatic N) is 3. The summed E-state index contributed by atoms with van der Waals surface area (Å²) in [6, 6.07) is 7.22. The number of nitrogens with one attached hydrogen (secondary N) is 1. The van der Waals surface area contributed by atoms with Gasteiger partial charge in [0.15, 0.2) is 0 Å². The summed E-state index contributed by atoms with van der Waals surface area (Å²) in [6.45, 7) is 9.18. The number of aromatic nitrogens is 2. The van der Waals surface area contributed by atoms with Gasteiger partial charge in [-0.05, 0) is 57.9 Å². The van der Waals surface area contributed by atoms with Crippen LogP contribution in [0.1, 0.15) is 70.6 Å². The number of benzene rings is 1. The van der Waals surface area contributed by atoms with Crippen molar-refractivity contribution < 1.29 is 14.3 Å². The first kappa shape index (κ1) is 26.2. The predicted octanol–water partition coefficient (Wildman–Crippen LogP) is 4.96. The molecule has 0 saturated carbocycles. The molecule has 194 valence electrons. The van der Waals surface area contributed by atoms with Gasteiger partial charge in [-0.2, -0.15) is 0 Å². The number of carbonyl (C=O) groups is 2. The Kier molecular flexibility index (Phi) is 7.73. The molecular formula is C27H35ClN4O4. The molecule has 0 bridgehead atoms. The molecule has 2 aromatic rings. The molecule has 2 aliphatic heterocycles. The van der Waals surface area contributed by atoms with Gasteiger partial charge in [-0.15, -0.1) is 0 Å². The summed E-state index contributed by atoms with van der Waals surface area (Å²) >= 11 is 6.02. The normalized spacial score (nSPS) is 19.8. The third-order valence-electron chi connectivity index (χ3n) is 6.75. The largest absolute Gasteiger partial charge is 0.444 e. The molecule has 0 radical (unpaired) electrons. The van der Waals surface area contributed by atoms with E-state index in [1.807, 2.05) is 32.9 Å². The van der Waals surface area contributed by atoms with E-state index >= 15 is 0 Å². The number of aromatic amines is 1. The molecule has 1 unspecified atom stereocenters. The van der Waals surface area contributed by atoms with Gasteiger partial charge in [0.05, 0.1) is 23.7 Å². The number of unbranched alkanes of at least 4 members (excludes halogenated alkanes) is 1. The van der Waals surface area contributed by atoms with Gasteiger partial charge in [-0.1, -0.05) is 31.4 Å². The number of amides is 2. The minimum Gasteiger partial charge on any atom is -0.444 e. The highest BCUT2D eigenvalue weighted by atomic mass is 35.5. The monoisotopic (exact) mass is 514 g/mol. The van der Waals surface area contributed by atoms with Crippen LogP contribution in [0.3, 0.4) is 0 Å². The van der Waals surface area contributed by atoms with Gasteiger partial charge in [0.1, 0.15) is 11.4 Å². The van der Waals surface area contributed by atoms with Crippen molar-refractivity contribution in [1.82, 2.24) is 19.8 Å². The first-order chi connectivity index (χ1) is 17.1. The number of ether oxygens (including phenoxy) is 1. The second kappa shape index (κ2) is 10.6. The molecule has 1 N–H and O–H groups in total. The minimum absolute atomic E-state index is 0.0191. The SMILES string of the molecule is CCCCC1CN(C(=O)[C@@H]2CCN(C(=O)OC(C)(C)C)C2)Cc2c1nc(-c1ccc(Cl)cc1)[nH]c2=O. The molecular weight excluding hydrogens is 480 g/mol. The van der Waals surface area contributed by atoms with E-state index < -0.39 is 11.7 Å². The van der Waals surface area contributed by atoms with Crippen LogP contribution in [0.5, 0.6) is 0 Å². The van der Waals surface area contributed by atoms with E-state index in [1.54, 1.807) is 21.9 Å². The van der Waals surface area contributed by atoms with Crippen LogP contribution in [-0.2, 0) is 16.1 Å². The van der Waals surface area contributed by atoms with E-state index in [9.17, 15) is 14.4 Å². The molecule has 3 heterocycles. The highest BCUT2D eigenvalue weighted by Gasteiger charge is 2.38. The number of likely N-dealkylation sites (tertiary alicyclic amines) is 1. The molecule has 0 spiro atoms. The summed E-state index contributed by atoms with van der Waals surface area (Å²) in [5.41, 5.74) is 1.32. The van der Waals surface area contributed by atoms with Crippen molar-refractivity contribution in [2.75, 3.05) is 19.6 Å². The van der Waals surface area contributed by atoms with Crippen LogP contribution >= 0.6 is 11.6 Å². The van der Waals surface area contributed by atoms with Gasteiger partial charge in [-0.25, -0.2) is 9.78 Å². The number of rotatable bonds is 5. The molecule has 4 rings (SSSR count). The zero-order valence-corrected chi connectivity index (χ0v) is 22.2. The molecule has 1 aromatic carbocycles. The molecule has 1 aromatic heterocycles. The summed E-state index contributed by atoms with van der Waals surface area (Å²) in [7, 11) is 0. The van der Waals surface area contributed by atoms with Crippen LogP contribution < -0.4 is 5.56 Å². The fourth-order valence-electron chi connectivity index (χ4n) is 4.92. The van der Waals surface area contributed by atoms with Gasteiger partial charge in [0, 0.05) is 36.1 Å². The topological polar surface area (TPSA) is 95.6 Å². The average molecular weight is 515 g/mol. The smallest absolute Gasteiger partial charge is 0.410 e. The summed E-state index contributed by atoms with van der Waals surface area (Å²) < 4.78 is 5.47. The Labute approximate surface area is 217 Å². The lowest BCUT2D eigenvalue weighted by Gasteiger charge is -2.35. The van der Waals surface area contributed by atoms with Gasteiger partial charge < -0.3 is 19.5 Å². The van der Waals surface area contributed by atoms with E-state index in [2.05, 4.69) is 11.9 Å². The first-order valence-electron chi connectivity index (χ1n) is 12.7. The zero-order chi connectivity index (χ0) is 26.0. The Morgan fingerprint density at radius 1 is 1.17 bits per heavy atom. The highest BCUT2D eigenvalue weighted by Crippen LogP contribution is 2.32. The summed E-state index contributed by atoms with van der Waals surface area (Å²) in [4.78, 5) is 50.3. The fraction of sp³-hybridized carbons (Fsp3) is 0.556. The van der Waals surface area contributed by atoms with Crippen LogP contribution in [0, 0.1) is 5.92 Å². The Bertz CT molecular complexity index is 1170. The van der Waals surface area contributed by atoms with E-state index in [1.165, 1.54) is 0 Å².